The van der Waals surface area contributed by atoms with E-state index in [1.807, 2.05) is 0 Å². The number of amides is 1. The fraction of sp³-hybridized carbons (Fsp3) is 0.364. The van der Waals surface area contributed by atoms with Crippen LogP contribution in [0.2, 0.25) is 0 Å². The predicted molar refractivity (Wildman–Crippen MR) is 59.5 cm³/mol. The van der Waals surface area contributed by atoms with Crippen LogP contribution >= 0.6 is 11.6 Å². The highest BCUT2D eigenvalue weighted by Crippen LogP contribution is 2.30. The zero-order valence-electron chi connectivity index (χ0n) is 9.04. The number of methoxy groups -OCH3 is 1. The number of carbonyl (C=O) groups is 1. The molecule has 3 nitrogen and oxygen atoms in total. The van der Waals surface area contributed by atoms with Gasteiger partial charge in [0.2, 0.25) is 5.91 Å². The van der Waals surface area contributed by atoms with Crippen molar-refractivity contribution in [3.63, 3.8) is 0 Å². The standard InChI is InChI=1S/C11H10ClF2NO2/c1-17-11-8(13)3-7(4-9(11)14)15-5-6(12)2-10(15)16/h3-4,6H,2,5H2,1H3. The largest absolute Gasteiger partial charge is 0.491 e. The van der Waals surface area contributed by atoms with Gasteiger partial charge in [-0.25, -0.2) is 8.78 Å². The number of nitrogens with zero attached hydrogens (tertiary/aromatic N) is 1. The lowest BCUT2D eigenvalue weighted by atomic mass is 10.2. The quantitative estimate of drug-likeness (QED) is 0.765. The van der Waals surface area contributed by atoms with E-state index >= 15 is 0 Å². The van der Waals surface area contributed by atoms with Gasteiger partial charge in [0.05, 0.1) is 12.5 Å². The molecule has 0 N–H and O–H groups in total. The lowest BCUT2D eigenvalue weighted by molar-refractivity contribution is -0.117. The summed E-state index contributed by atoms with van der Waals surface area (Å²) in [6, 6.07) is 2.13. The van der Waals surface area contributed by atoms with Crippen molar-refractivity contribution in [1.29, 1.82) is 0 Å². The first kappa shape index (κ1) is 12.1. The molecule has 1 aromatic rings. The Balaban J connectivity index is 2.37. The van der Waals surface area contributed by atoms with Gasteiger partial charge in [0.1, 0.15) is 0 Å². The van der Waals surface area contributed by atoms with E-state index in [4.69, 9.17) is 11.6 Å². The summed E-state index contributed by atoms with van der Waals surface area (Å²) < 4.78 is 31.5. The molecule has 0 bridgehead atoms. The Kier molecular flexibility index (Phi) is 3.19. The molecule has 2 rings (SSSR count). The SMILES string of the molecule is COc1c(F)cc(N2CC(Cl)CC2=O)cc1F. The Labute approximate surface area is 102 Å². The molecule has 0 aromatic heterocycles. The fourth-order valence-corrected chi connectivity index (χ4v) is 2.08. The van der Waals surface area contributed by atoms with Crippen LogP contribution in [0, 0.1) is 11.6 Å². The Morgan fingerprint density at radius 1 is 1.41 bits per heavy atom. The smallest absolute Gasteiger partial charge is 0.228 e. The van der Waals surface area contributed by atoms with E-state index in [1.165, 1.54) is 12.0 Å². The zero-order valence-corrected chi connectivity index (χ0v) is 9.80. The molecule has 0 radical (unpaired) electrons. The highest BCUT2D eigenvalue weighted by molar-refractivity contribution is 6.24. The number of rotatable bonds is 2. The van der Waals surface area contributed by atoms with Crippen LogP contribution < -0.4 is 9.64 Å². The van der Waals surface area contributed by atoms with Crippen LogP contribution in [0.3, 0.4) is 0 Å². The summed E-state index contributed by atoms with van der Waals surface area (Å²) in [7, 11) is 1.18. The molecule has 1 fully saturated rings. The van der Waals surface area contributed by atoms with E-state index in [2.05, 4.69) is 4.74 Å². The maximum absolute atomic E-state index is 13.5. The van der Waals surface area contributed by atoms with Gasteiger partial charge in [0.25, 0.3) is 0 Å². The van der Waals surface area contributed by atoms with Gasteiger partial charge < -0.3 is 9.64 Å². The summed E-state index contributed by atoms with van der Waals surface area (Å²) in [5.74, 6) is -2.38. The lowest BCUT2D eigenvalue weighted by Gasteiger charge is -2.17. The Morgan fingerprint density at radius 2 is 2.00 bits per heavy atom. The van der Waals surface area contributed by atoms with Crippen molar-refractivity contribution in [1.82, 2.24) is 0 Å². The van der Waals surface area contributed by atoms with Crippen molar-refractivity contribution in [3.05, 3.63) is 23.8 Å². The summed E-state index contributed by atoms with van der Waals surface area (Å²) in [6.45, 7) is 0.256. The lowest BCUT2D eigenvalue weighted by Crippen LogP contribution is -2.24. The highest BCUT2D eigenvalue weighted by atomic mass is 35.5. The molecule has 1 aliphatic heterocycles. The molecular weight excluding hydrogens is 252 g/mol. The molecule has 1 saturated heterocycles. The summed E-state index contributed by atoms with van der Waals surface area (Å²) >= 11 is 5.82. The van der Waals surface area contributed by atoms with E-state index in [9.17, 15) is 13.6 Å². The molecule has 17 heavy (non-hydrogen) atoms. The van der Waals surface area contributed by atoms with Crippen LogP contribution in [0.15, 0.2) is 12.1 Å². The number of carbonyl (C=O) groups excluding carboxylic acids is 1. The van der Waals surface area contributed by atoms with Crippen LogP contribution in [0.25, 0.3) is 0 Å². The predicted octanol–water partition coefficient (Wildman–Crippen LogP) is 2.32. The molecule has 0 spiro atoms. The molecule has 1 amide bonds. The van der Waals surface area contributed by atoms with E-state index in [1.54, 1.807) is 0 Å². The maximum atomic E-state index is 13.5. The first-order valence-electron chi connectivity index (χ1n) is 5.00. The molecule has 0 saturated carbocycles. The fourth-order valence-electron chi connectivity index (χ4n) is 1.81. The first-order valence-corrected chi connectivity index (χ1v) is 5.44. The van der Waals surface area contributed by atoms with Crippen molar-refractivity contribution in [2.45, 2.75) is 11.8 Å². The van der Waals surface area contributed by atoms with Gasteiger partial charge in [-0.05, 0) is 0 Å². The number of halogens is 3. The number of anilines is 1. The normalized spacial score (nSPS) is 19.9. The molecular formula is C11H10ClF2NO2. The van der Waals surface area contributed by atoms with Crippen molar-refractivity contribution in [2.24, 2.45) is 0 Å². The highest BCUT2D eigenvalue weighted by Gasteiger charge is 2.30. The molecule has 1 heterocycles. The van der Waals surface area contributed by atoms with Crippen molar-refractivity contribution in [2.75, 3.05) is 18.6 Å². The van der Waals surface area contributed by atoms with Crippen LogP contribution in [0.4, 0.5) is 14.5 Å². The van der Waals surface area contributed by atoms with Crippen LogP contribution in [-0.2, 0) is 4.79 Å². The summed E-state index contributed by atoms with van der Waals surface area (Å²) in [5.41, 5.74) is 0.161. The summed E-state index contributed by atoms with van der Waals surface area (Å²) in [4.78, 5) is 12.8. The molecule has 1 unspecified atom stereocenters. The summed E-state index contributed by atoms with van der Waals surface area (Å²) in [6.07, 6.45) is 0.177. The number of ether oxygens (including phenoxy) is 1. The third-order valence-electron chi connectivity index (χ3n) is 2.58. The Morgan fingerprint density at radius 3 is 2.41 bits per heavy atom. The molecule has 92 valence electrons. The van der Waals surface area contributed by atoms with Crippen LogP contribution in [-0.4, -0.2) is 24.9 Å². The Bertz CT molecular complexity index is 444. The average molecular weight is 262 g/mol. The van der Waals surface area contributed by atoms with Crippen LogP contribution in [0.5, 0.6) is 5.75 Å². The third-order valence-corrected chi connectivity index (χ3v) is 2.87. The van der Waals surface area contributed by atoms with E-state index in [0.717, 1.165) is 12.1 Å². The van der Waals surface area contributed by atoms with Gasteiger partial charge in [0.15, 0.2) is 17.4 Å². The van der Waals surface area contributed by atoms with E-state index in [-0.39, 0.29) is 29.9 Å². The average Bonchev–Trinajstić information content (AvgIpc) is 2.57. The van der Waals surface area contributed by atoms with Crippen LogP contribution in [0.1, 0.15) is 6.42 Å². The van der Waals surface area contributed by atoms with Gasteiger partial charge in [0, 0.05) is 30.8 Å². The number of hydrogen-bond donors (Lipinski definition) is 0. The van der Waals surface area contributed by atoms with Gasteiger partial charge in [-0.2, -0.15) is 0 Å². The van der Waals surface area contributed by atoms with Crippen molar-refractivity contribution >= 4 is 23.2 Å². The zero-order chi connectivity index (χ0) is 12.6. The number of benzene rings is 1. The second-order valence-corrected chi connectivity index (χ2v) is 4.37. The molecule has 6 heteroatoms. The van der Waals surface area contributed by atoms with Gasteiger partial charge >= 0.3 is 0 Å². The van der Waals surface area contributed by atoms with Gasteiger partial charge in [-0.3, -0.25) is 4.79 Å². The maximum Gasteiger partial charge on any atom is 0.228 e. The number of hydrogen-bond acceptors (Lipinski definition) is 2. The molecule has 0 aliphatic carbocycles. The Hall–Kier alpha value is -1.36. The second kappa shape index (κ2) is 4.49. The molecule has 1 aromatic carbocycles. The topological polar surface area (TPSA) is 29.5 Å². The molecule has 1 aliphatic rings. The number of alkyl halides is 1. The minimum absolute atomic E-state index is 0.161. The van der Waals surface area contributed by atoms with Crippen molar-refractivity contribution < 1.29 is 18.3 Å². The van der Waals surface area contributed by atoms with E-state index in [0.29, 0.717) is 0 Å². The minimum atomic E-state index is -0.840. The van der Waals surface area contributed by atoms with Gasteiger partial charge in [-0.15, -0.1) is 11.6 Å². The van der Waals surface area contributed by atoms with E-state index < -0.39 is 17.4 Å². The summed E-state index contributed by atoms with van der Waals surface area (Å²) in [5, 5.41) is -0.323. The molecule has 1 atom stereocenters. The second-order valence-electron chi connectivity index (χ2n) is 3.75. The first-order chi connectivity index (χ1) is 8.02. The third kappa shape index (κ3) is 2.20. The monoisotopic (exact) mass is 261 g/mol. The van der Waals surface area contributed by atoms with Crippen molar-refractivity contribution in [3.8, 4) is 5.75 Å². The van der Waals surface area contributed by atoms with Gasteiger partial charge in [-0.1, -0.05) is 0 Å². The minimum Gasteiger partial charge on any atom is -0.491 e.